The molecule has 0 saturated carbocycles. The van der Waals surface area contributed by atoms with Gasteiger partial charge in [-0.15, -0.1) is 0 Å². The summed E-state index contributed by atoms with van der Waals surface area (Å²) >= 11 is 5.68. The van der Waals surface area contributed by atoms with E-state index in [-0.39, 0.29) is 24.0 Å². The number of methoxy groups -OCH3 is 1. The largest absolute Gasteiger partial charge is 0.480 e. The van der Waals surface area contributed by atoms with Crippen LogP contribution >= 0.6 is 11.6 Å². The number of carboxylic acids is 1. The highest BCUT2D eigenvalue weighted by atomic mass is 35.5. The normalized spacial score (nSPS) is 10.1. The topological polar surface area (TPSA) is 79.7 Å². The van der Waals surface area contributed by atoms with Gasteiger partial charge in [0.1, 0.15) is 17.4 Å². The molecule has 1 aromatic rings. The number of amides is 1. The second-order valence-electron chi connectivity index (χ2n) is 3.46. The van der Waals surface area contributed by atoms with E-state index in [1.807, 2.05) is 0 Å². The lowest BCUT2D eigenvalue weighted by atomic mass is 10.3. The van der Waals surface area contributed by atoms with Crippen LogP contribution in [0.15, 0.2) is 18.2 Å². The number of nitrogens with zero attached hydrogens (tertiary/aromatic N) is 2. The second kappa shape index (κ2) is 6.93. The molecule has 7 heteroatoms. The monoisotopic (exact) mass is 272 g/mol. The molecule has 1 amide bonds. The van der Waals surface area contributed by atoms with Crippen molar-refractivity contribution >= 4 is 23.5 Å². The van der Waals surface area contributed by atoms with Crippen LogP contribution in [0.3, 0.4) is 0 Å². The number of carboxylic acid groups (broad SMARTS) is 1. The van der Waals surface area contributed by atoms with Gasteiger partial charge < -0.3 is 14.7 Å². The molecule has 0 saturated heterocycles. The lowest BCUT2D eigenvalue weighted by molar-refractivity contribution is -0.137. The first-order chi connectivity index (χ1) is 8.54. The van der Waals surface area contributed by atoms with Gasteiger partial charge in [0, 0.05) is 13.7 Å². The van der Waals surface area contributed by atoms with Gasteiger partial charge in [-0.2, -0.15) is 0 Å². The molecule has 0 unspecified atom stereocenters. The van der Waals surface area contributed by atoms with E-state index >= 15 is 0 Å². The number of carbonyl (C=O) groups excluding carboxylic acids is 1. The average Bonchev–Trinajstić information content (AvgIpc) is 2.33. The molecule has 0 radical (unpaired) electrons. The van der Waals surface area contributed by atoms with Gasteiger partial charge in [0.25, 0.3) is 5.91 Å². The van der Waals surface area contributed by atoms with Gasteiger partial charge in [0.05, 0.1) is 6.61 Å². The lowest BCUT2D eigenvalue weighted by Crippen LogP contribution is -2.38. The van der Waals surface area contributed by atoms with Gasteiger partial charge in [-0.05, 0) is 12.1 Å². The first kappa shape index (κ1) is 14.4. The standard InChI is InChI=1S/C11H13ClN2O4/c1-18-6-5-14(7-10(15)16)11(17)8-3-2-4-9(12)13-8/h2-4H,5-7H2,1H3,(H,15,16). The fourth-order valence-electron chi connectivity index (χ4n) is 1.31. The van der Waals surface area contributed by atoms with Crippen molar-refractivity contribution in [1.29, 1.82) is 0 Å². The van der Waals surface area contributed by atoms with Crippen molar-refractivity contribution in [1.82, 2.24) is 9.88 Å². The Morgan fingerprint density at radius 2 is 2.22 bits per heavy atom. The summed E-state index contributed by atoms with van der Waals surface area (Å²) in [7, 11) is 1.47. The Balaban J connectivity index is 2.83. The van der Waals surface area contributed by atoms with Gasteiger partial charge in [-0.25, -0.2) is 4.98 Å². The zero-order chi connectivity index (χ0) is 13.5. The summed E-state index contributed by atoms with van der Waals surface area (Å²) in [4.78, 5) is 27.7. The summed E-state index contributed by atoms with van der Waals surface area (Å²) in [5.41, 5.74) is 0.111. The van der Waals surface area contributed by atoms with Crippen LogP contribution in [0.2, 0.25) is 5.15 Å². The molecular formula is C11H13ClN2O4. The third kappa shape index (κ3) is 4.31. The first-order valence-corrected chi connectivity index (χ1v) is 5.55. The van der Waals surface area contributed by atoms with E-state index < -0.39 is 18.4 Å². The number of pyridine rings is 1. The zero-order valence-electron chi connectivity index (χ0n) is 9.80. The molecule has 1 heterocycles. The number of hydrogen-bond donors (Lipinski definition) is 1. The average molecular weight is 273 g/mol. The molecule has 0 aliphatic heterocycles. The summed E-state index contributed by atoms with van der Waals surface area (Å²) < 4.78 is 4.83. The Bertz CT molecular complexity index is 439. The minimum atomic E-state index is -1.10. The fraction of sp³-hybridized carbons (Fsp3) is 0.364. The highest BCUT2D eigenvalue weighted by molar-refractivity contribution is 6.29. The molecule has 1 aromatic heterocycles. The Morgan fingerprint density at radius 1 is 1.50 bits per heavy atom. The smallest absolute Gasteiger partial charge is 0.323 e. The molecule has 0 fully saturated rings. The number of ether oxygens (including phenoxy) is 1. The molecule has 0 atom stereocenters. The zero-order valence-corrected chi connectivity index (χ0v) is 10.6. The molecule has 18 heavy (non-hydrogen) atoms. The third-order valence-electron chi connectivity index (χ3n) is 2.11. The van der Waals surface area contributed by atoms with Gasteiger partial charge in [-0.1, -0.05) is 17.7 Å². The van der Waals surface area contributed by atoms with Crippen LogP contribution in [0.4, 0.5) is 0 Å². The van der Waals surface area contributed by atoms with E-state index in [9.17, 15) is 9.59 Å². The maximum atomic E-state index is 12.0. The Kier molecular flexibility index (Phi) is 5.54. The first-order valence-electron chi connectivity index (χ1n) is 5.17. The Hall–Kier alpha value is -1.66. The van der Waals surface area contributed by atoms with Crippen LogP contribution in [0.25, 0.3) is 0 Å². The molecular weight excluding hydrogens is 260 g/mol. The number of aromatic nitrogens is 1. The van der Waals surface area contributed by atoms with Crippen LogP contribution in [-0.2, 0) is 9.53 Å². The summed E-state index contributed by atoms with van der Waals surface area (Å²) in [5, 5.41) is 8.94. The molecule has 0 aromatic carbocycles. The van der Waals surface area contributed by atoms with Crippen molar-refractivity contribution in [3.63, 3.8) is 0 Å². The van der Waals surface area contributed by atoms with Crippen LogP contribution < -0.4 is 0 Å². The summed E-state index contributed by atoms with van der Waals surface area (Å²) in [6, 6.07) is 4.60. The predicted octanol–water partition coefficient (Wildman–Crippen LogP) is 0.908. The quantitative estimate of drug-likeness (QED) is 0.779. The highest BCUT2D eigenvalue weighted by Crippen LogP contribution is 2.08. The van der Waals surface area contributed by atoms with Gasteiger partial charge in [0.2, 0.25) is 0 Å². The highest BCUT2D eigenvalue weighted by Gasteiger charge is 2.19. The van der Waals surface area contributed by atoms with Crippen molar-refractivity contribution in [2.75, 3.05) is 26.8 Å². The predicted molar refractivity (Wildman–Crippen MR) is 64.7 cm³/mol. The molecule has 1 N–H and O–H groups in total. The van der Waals surface area contributed by atoms with Crippen molar-refractivity contribution in [2.45, 2.75) is 0 Å². The SMILES string of the molecule is COCCN(CC(=O)O)C(=O)c1cccc(Cl)n1. The fourth-order valence-corrected chi connectivity index (χ4v) is 1.47. The van der Waals surface area contributed by atoms with Crippen LogP contribution in [0, 0.1) is 0 Å². The number of hydrogen-bond acceptors (Lipinski definition) is 4. The Labute approximate surface area is 109 Å². The van der Waals surface area contributed by atoms with E-state index in [0.29, 0.717) is 0 Å². The van der Waals surface area contributed by atoms with Crippen LogP contribution in [-0.4, -0.2) is 53.7 Å². The Morgan fingerprint density at radius 3 is 2.78 bits per heavy atom. The molecule has 0 aliphatic rings. The minimum Gasteiger partial charge on any atom is -0.480 e. The molecule has 98 valence electrons. The number of rotatable bonds is 6. The maximum absolute atomic E-state index is 12.0. The molecule has 1 rings (SSSR count). The van der Waals surface area contributed by atoms with E-state index in [2.05, 4.69) is 4.98 Å². The van der Waals surface area contributed by atoms with Crippen molar-refractivity contribution in [3.8, 4) is 0 Å². The van der Waals surface area contributed by atoms with Crippen molar-refractivity contribution < 1.29 is 19.4 Å². The second-order valence-corrected chi connectivity index (χ2v) is 3.85. The van der Waals surface area contributed by atoms with Crippen LogP contribution in [0.5, 0.6) is 0 Å². The van der Waals surface area contributed by atoms with E-state index in [1.165, 1.54) is 19.2 Å². The third-order valence-corrected chi connectivity index (χ3v) is 2.32. The van der Waals surface area contributed by atoms with E-state index in [4.69, 9.17) is 21.4 Å². The van der Waals surface area contributed by atoms with Crippen LogP contribution in [0.1, 0.15) is 10.5 Å². The molecule has 0 aliphatic carbocycles. The molecule has 0 spiro atoms. The van der Waals surface area contributed by atoms with E-state index in [1.54, 1.807) is 6.07 Å². The maximum Gasteiger partial charge on any atom is 0.323 e. The van der Waals surface area contributed by atoms with E-state index in [0.717, 1.165) is 4.90 Å². The summed E-state index contributed by atoms with van der Waals surface area (Å²) in [6.07, 6.45) is 0. The summed E-state index contributed by atoms with van der Waals surface area (Å²) in [6.45, 7) is 0.0196. The van der Waals surface area contributed by atoms with Gasteiger partial charge >= 0.3 is 5.97 Å². The van der Waals surface area contributed by atoms with Gasteiger partial charge in [0.15, 0.2) is 0 Å². The van der Waals surface area contributed by atoms with Crippen molar-refractivity contribution in [3.05, 3.63) is 29.0 Å². The van der Waals surface area contributed by atoms with Crippen molar-refractivity contribution in [2.24, 2.45) is 0 Å². The molecule has 0 bridgehead atoms. The number of aliphatic carboxylic acids is 1. The number of carbonyl (C=O) groups is 2. The summed E-state index contributed by atoms with van der Waals surface area (Å²) in [5.74, 6) is -1.58. The number of halogens is 1. The minimum absolute atomic E-state index is 0.111. The lowest BCUT2D eigenvalue weighted by Gasteiger charge is -2.19. The van der Waals surface area contributed by atoms with Gasteiger partial charge in [-0.3, -0.25) is 9.59 Å². The molecule has 6 nitrogen and oxygen atoms in total.